The molecule has 0 aliphatic heterocycles. The Kier molecular flexibility index (Phi) is 7.77. The van der Waals surface area contributed by atoms with Crippen LogP contribution in [0.25, 0.3) is 5.65 Å². The maximum Gasteiger partial charge on any atom is 0.490 e. The van der Waals surface area contributed by atoms with E-state index in [1.165, 1.54) is 21.6 Å². The van der Waals surface area contributed by atoms with Crippen LogP contribution in [0, 0.1) is 0 Å². The Morgan fingerprint density at radius 1 is 1.22 bits per heavy atom. The molecule has 1 aliphatic rings. The zero-order valence-corrected chi connectivity index (χ0v) is 19.0. The Bertz CT molecular complexity index is 1270. The van der Waals surface area contributed by atoms with Crippen molar-refractivity contribution in [2.75, 3.05) is 10.6 Å². The summed E-state index contributed by atoms with van der Waals surface area (Å²) in [6, 6.07) is 2.02. The van der Waals surface area contributed by atoms with E-state index in [2.05, 4.69) is 25.8 Å². The summed E-state index contributed by atoms with van der Waals surface area (Å²) in [4.78, 5) is 37.8. The van der Waals surface area contributed by atoms with Crippen LogP contribution in [0.3, 0.4) is 0 Å². The summed E-state index contributed by atoms with van der Waals surface area (Å²) < 4.78 is 34.7. The van der Waals surface area contributed by atoms with Gasteiger partial charge in [-0.3, -0.25) is 14.3 Å². The number of halogens is 3. The third-order valence-corrected chi connectivity index (χ3v) is 5.32. The average Bonchev–Trinajstić information content (AvgIpc) is 3.38. The van der Waals surface area contributed by atoms with Crippen LogP contribution in [0.4, 0.5) is 24.7 Å². The Morgan fingerprint density at radius 3 is 2.50 bits per heavy atom. The minimum Gasteiger partial charge on any atom is -0.475 e. The van der Waals surface area contributed by atoms with Crippen LogP contribution >= 0.6 is 0 Å². The molecule has 0 spiro atoms. The van der Waals surface area contributed by atoms with Gasteiger partial charge in [0.05, 0.1) is 11.9 Å². The number of anilines is 2. The molecule has 194 valence electrons. The van der Waals surface area contributed by atoms with Crippen molar-refractivity contribution in [3.63, 3.8) is 0 Å². The van der Waals surface area contributed by atoms with E-state index in [1.54, 1.807) is 19.3 Å². The normalized spacial score (nSPS) is 17.7. The molecule has 3 aromatic rings. The highest BCUT2D eigenvalue weighted by atomic mass is 19.4. The highest BCUT2D eigenvalue weighted by molar-refractivity contribution is 6.10. The molecule has 2 atom stereocenters. The number of nitrogens with two attached hydrogens (primary N) is 2. The summed E-state index contributed by atoms with van der Waals surface area (Å²) >= 11 is 0. The largest absolute Gasteiger partial charge is 0.490 e. The van der Waals surface area contributed by atoms with Crippen molar-refractivity contribution in [2.24, 2.45) is 18.5 Å². The van der Waals surface area contributed by atoms with Gasteiger partial charge in [0.1, 0.15) is 11.4 Å². The minimum atomic E-state index is -5.08. The fourth-order valence-electron chi connectivity index (χ4n) is 3.59. The van der Waals surface area contributed by atoms with Gasteiger partial charge in [-0.2, -0.15) is 23.4 Å². The van der Waals surface area contributed by atoms with Gasteiger partial charge in [0.25, 0.3) is 11.8 Å². The number of aromatic nitrogens is 5. The molecule has 0 bridgehead atoms. The Hall–Kier alpha value is -4.21. The lowest BCUT2D eigenvalue weighted by molar-refractivity contribution is -0.192. The second-order valence-corrected chi connectivity index (χ2v) is 8.02. The standard InChI is InChI=1S/C18H23N9O2.C2HF3O2/c1-26-9-13(15(25-26)16(20)28)23-18(29)10-8-21-27-7-6-14(24-17(10)27)22-12-5-3-2-4-11(12)19;3-2(4,5)1(6)7/h6-9,11-12H,2-5,19H2,1H3,(H2,20,28)(H,22,24)(H,23,29);(H,6,7)/t11-,12-;/m1./s1. The van der Waals surface area contributed by atoms with Gasteiger partial charge in [0.15, 0.2) is 11.3 Å². The van der Waals surface area contributed by atoms with Crippen LogP contribution in [0.2, 0.25) is 0 Å². The Labute approximate surface area is 201 Å². The van der Waals surface area contributed by atoms with Gasteiger partial charge in [-0.05, 0) is 18.9 Å². The number of fused-ring (bicyclic) bond motifs is 1. The van der Waals surface area contributed by atoms with Crippen LogP contribution in [0.15, 0.2) is 24.7 Å². The number of amides is 2. The molecule has 3 aromatic heterocycles. The maximum absolute atomic E-state index is 12.8. The van der Waals surface area contributed by atoms with Crippen LogP contribution in [-0.2, 0) is 11.8 Å². The first kappa shape index (κ1) is 26.4. The number of alkyl halides is 3. The van der Waals surface area contributed by atoms with Crippen molar-refractivity contribution in [2.45, 2.75) is 43.9 Å². The van der Waals surface area contributed by atoms with Crippen LogP contribution in [-0.4, -0.2) is 65.5 Å². The predicted octanol–water partition coefficient (Wildman–Crippen LogP) is 1.13. The molecule has 1 fully saturated rings. The molecule has 3 heterocycles. The lowest BCUT2D eigenvalue weighted by Crippen LogP contribution is -2.42. The van der Waals surface area contributed by atoms with E-state index in [9.17, 15) is 22.8 Å². The summed E-state index contributed by atoms with van der Waals surface area (Å²) in [5.41, 5.74) is 12.4. The van der Waals surface area contributed by atoms with Gasteiger partial charge >= 0.3 is 12.1 Å². The number of nitrogens with one attached hydrogen (secondary N) is 2. The van der Waals surface area contributed by atoms with Gasteiger partial charge < -0.3 is 27.2 Å². The lowest BCUT2D eigenvalue weighted by Gasteiger charge is -2.29. The molecule has 7 N–H and O–H groups in total. The molecule has 2 amide bonds. The topological polar surface area (TPSA) is 196 Å². The first-order valence-corrected chi connectivity index (χ1v) is 10.7. The van der Waals surface area contributed by atoms with E-state index in [0.29, 0.717) is 11.5 Å². The minimum absolute atomic E-state index is 0.0149. The average molecular weight is 511 g/mol. The molecule has 0 unspecified atom stereocenters. The van der Waals surface area contributed by atoms with Crippen molar-refractivity contribution < 1.29 is 32.7 Å². The van der Waals surface area contributed by atoms with Gasteiger partial charge in [-0.15, -0.1) is 0 Å². The lowest BCUT2D eigenvalue weighted by atomic mass is 9.91. The molecular formula is C20H24F3N9O4. The van der Waals surface area contributed by atoms with Crippen molar-refractivity contribution in [3.05, 3.63) is 35.9 Å². The Morgan fingerprint density at radius 2 is 1.89 bits per heavy atom. The first-order valence-electron chi connectivity index (χ1n) is 10.7. The third kappa shape index (κ3) is 6.26. The van der Waals surface area contributed by atoms with Crippen molar-refractivity contribution >= 4 is 34.9 Å². The van der Waals surface area contributed by atoms with Crippen molar-refractivity contribution in [1.29, 1.82) is 0 Å². The van der Waals surface area contributed by atoms with Crippen molar-refractivity contribution in [1.82, 2.24) is 24.4 Å². The highest BCUT2D eigenvalue weighted by Crippen LogP contribution is 2.22. The number of carbonyl (C=O) groups is 3. The second-order valence-electron chi connectivity index (χ2n) is 8.02. The number of carboxylic acid groups (broad SMARTS) is 1. The number of nitrogens with zero attached hydrogens (tertiary/aromatic N) is 5. The quantitative estimate of drug-likeness (QED) is 0.333. The molecule has 0 aromatic carbocycles. The van der Waals surface area contributed by atoms with Crippen LogP contribution < -0.4 is 22.1 Å². The summed E-state index contributed by atoms with van der Waals surface area (Å²) in [6.07, 6.45) is 3.81. The smallest absolute Gasteiger partial charge is 0.475 e. The molecule has 1 saturated carbocycles. The van der Waals surface area contributed by atoms with E-state index >= 15 is 0 Å². The number of rotatable bonds is 5. The SMILES string of the molecule is Cn1cc(NC(=O)c2cnn3ccc(N[C@@H]4CCCC[C@H]4N)nc23)c(C(N)=O)n1.O=C(O)C(F)(F)F. The van der Waals surface area contributed by atoms with Crippen molar-refractivity contribution in [3.8, 4) is 0 Å². The molecule has 16 heteroatoms. The summed E-state index contributed by atoms with van der Waals surface area (Å²) in [5, 5.41) is 21.3. The van der Waals surface area contributed by atoms with E-state index < -0.39 is 24.0 Å². The van der Waals surface area contributed by atoms with E-state index in [0.717, 1.165) is 25.7 Å². The Balaban J connectivity index is 0.000000454. The van der Waals surface area contributed by atoms with E-state index in [4.69, 9.17) is 21.4 Å². The van der Waals surface area contributed by atoms with E-state index in [-0.39, 0.29) is 29.0 Å². The number of carbonyl (C=O) groups excluding carboxylic acids is 2. The zero-order valence-electron chi connectivity index (χ0n) is 19.0. The van der Waals surface area contributed by atoms with Gasteiger partial charge in [-0.25, -0.2) is 14.3 Å². The zero-order chi connectivity index (χ0) is 26.6. The van der Waals surface area contributed by atoms with E-state index in [1.807, 2.05) is 0 Å². The molecular weight excluding hydrogens is 487 g/mol. The monoisotopic (exact) mass is 511 g/mol. The van der Waals surface area contributed by atoms with Crippen LogP contribution in [0.5, 0.6) is 0 Å². The number of primary amides is 1. The fourth-order valence-corrected chi connectivity index (χ4v) is 3.59. The highest BCUT2D eigenvalue weighted by Gasteiger charge is 2.38. The predicted molar refractivity (Wildman–Crippen MR) is 120 cm³/mol. The molecule has 4 rings (SSSR count). The summed E-state index contributed by atoms with van der Waals surface area (Å²) in [7, 11) is 1.63. The summed E-state index contributed by atoms with van der Waals surface area (Å²) in [6.45, 7) is 0. The number of aliphatic carboxylic acids is 1. The number of hydrogen-bond donors (Lipinski definition) is 5. The fraction of sp³-hybridized carbons (Fsp3) is 0.400. The third-order valence-electron chi connectivity index (χ3n) is 5.32. The molecule has 36 heavy (non-hydrogen) atoms. The number of hydrogen-bond acceptors (Lipinski definition) is 8. The van der Waals surface area contributed by atoms with Gasteiger partial charge in [0.2, 0.25) is 0 Å². The summed E-state index contributed by atoms with van der Waals surface area (Å²) in [5.74, 6) is -3.31. The molecule has 13 nitrogen and oxygen atoms in total. The molecule has 0 radical (unpaired) electrons. The molecule has 0 saturated heterocycles. The number of carboxylic acids is 1. The van der Waals surface area contributed by atoms with Gasteiger partial charge in [-0.1, -0.05) is 12.8 Å². The molecule has 1 aliphatic carbocycles. The van der Waals surface area contributed by atoms with Crippen LogP contribution in [0.1, 0.15) is 46.5 Å². The number of aryl methyl sites for hydroxylation is 1. The maximum atomic E-state index is 12.8. The first-order chi connectivity index (χ1) is 16.9. The second kappa shape index (κ2) is 10.6. The van der Waals surface area contributed by atoms with Gasteiger partial charge in [0, 0.05) is 31.5 Å².